The molecule has 1 amide bonds. The molecule has 0 unspecified atom stereocenters. The molecule has 5 nitrogen and oxygen atoms in total. The van der Waals surface area contributed by atoms with Gasteiger partial charge in [0.2, 0.25) is 5.91 Å². The molecule has 1 saturated heterocycles. The van der Waals surface area contributed by atoms with Crippen LogP contribution in [0.15, 0.2) is 18.3 Å². The van der Waals surface area contributed by atoms with Crippen LogP contribution < -0.4 is 0 Å². The third-order valence-corrected chi connectivity index (χ3v) is 6.06. The molecule has 0 N–H and O–H groups in total. The number of imidazole rings is 1. The van der Waals surface area contributed by atoms with E-state index in [0.29, 0.717) is 18.2 Å². The predicted molar refractivity (Wildman–Crippen MR) is 103 cm³/mol. The molecule has 2 aromatic heterocycles. The maximum Gasteiger partial charge on any atom is 0.223 e. The van der Waals surface area contributed by atoms with Gasteiger partial charge in [0, 0.05) is 38.7 Å². The summed E-state index contributed by atoms with van der Waals surface area (Å²) in [5.41, 5.74) is 2.05. The second kappa shape index (κ2) is 7.01. The molecule has 1 saturated carbocycles. The first-order valence-corrected chi connectivity index (χ1v) is 10.1. The molecule has 0 radical (unpaired) electrons. The zero-order valence-electron chi connectivity index (χ0n) is 16.1. The normalized spacial score (nSPS) is 19.3. The Morgan fingerprint density at radius 1 is 1.23 bits per heavy atom. The Kier molecular flexibility index (Phi) is 4.72. The van der Waals surface area contributed by atoms with E-state index >= 15 is 0 Å². The Balaban J connectivity index is 1.63. The molecule has 1 aliphatic heterocycles. The van der Waals surface area contributed by atoms with E-state index in [1.807, 2.05) is 17.2 Å². The van der Waals surface area contributed by atoms with Gasteiger partial charge in [-0.3, -0.25) is 4.79 Å². The van der Waals surface area contributed by atoms with Crippen molar-refractivity contribution in [3.63, 3.8) is 0 Å². The lowest BCUT2D eigenvalue weighted by Crippen LogP contribution is -2.44. The molecular formula is C21H30N4O. The lowest BCUT2D eigenvalue weighted by molar-refractivity contribution is -0.137. The molecule has 140 valence electrons. The standard InChI is InChI=1S/C21H30N4O/c1-16(2)15-25-18(23-17-7-5-10-22-20(17)25)13-21(8-3-4-9-21)14-19(26)24-11-6-12-24/h5,7,10,16H,3-4,6,8-9,11-15H2,1-2H3. The van der Waals surface area contributed by atoms with E-state index in [9.17, 15) is 4.79 Å². The lowest BCUT2D eigenvalue weighted by Gasteiger charge is -2.36. The van der Waals surface area contributed by atoms with E-state index in [-0.39, 0.29) is 5.41 Å². The summed E-state index contributed by atoms with van der Waals surface area (Å²) in [5.74, 6) is 2.00. The van der Waals surface area contributed by atoms with Gasteiger partial charge in [0.05, 0.1) is 0 Å². The molecule has 3 heterocycles. The number of nitrogens with zero attached hydrogens (tertiary/aromatic N) is 4. The van der Waals surface area contributed by atoms with E-state index in [4.69, 9.17) is 4.98 Å². The van der Waals surface area contributed by atoms with Crippen molar-refractivity contribution in [1.29, 1.82) is 0 Å². The van der Waals surface area contributed by atoms with Crippen molar-refractivity contribution in [2.75, 3.05) is 13.1 Å². The van der Waals surface area contributed by atoms with E-state index in [2.05, 4.69) is 29.5 Å². The van der Waals surface area contributed by atoms with E-state index in [1.165, 1.54) is 12.8 Å². The van der Waals surface area contributed by atoms with Gasteiger partial charge in [0.25, 0.3) is 0 Å². The molecule has 2 aliphatic rings. The van der Waals surface area contributed by atoms with Crippen LogP contribution >= 0.6 is 0 Å². The number of pyridine rings is 1. The average molecular weight is 354 g/mol. The van der Waals surface area contributed by atoms with Gasteiger partial charge in [-0.05, 0) is 42.7 Å². The highest BCUT2D eigenvalue weighted by molar-refractivity contribution is 5.77. The minimum atomic E-state index is 0.0861. The summed E-state index contributed by atoms with van der Waals surface area (Å²) in [6.45, 7) is 7.29. The fourth-order valence-electron chi connectivity index (χ4n) is 4.57. The topological polar surface area (TPSA) is 51.0 Å². The molecule has 0 bridgehead atoms. The van der Waals surface area contributed by atoms with Gasteiger partial charge >= 0.3 is 0 Å². The smallest absolute Gasteiger partial charge is 0.223 e. The average Bonchev–Trinajstić information content (AvgIpc) is 3.11. The second-order valence-corrected chi connectivity index (χ2v) is 8.67. The monoisotopic (exact) mass is 354 g/mol. The first-order chi connectivity index (χ1) is 12.6. The number of fused-ring (bicyclic) bond motifs is 1. The number of likely N-dealkylation sites (tertiary alicyclic amines) is 1. The second-order valence-electron chi connectivity index (χ2n) is 8.67. The quantitative estimate of drug-likeness (QED) is 0.792. The van der Waals surface area contributed by atoms with Gasteiger partial charge in [-0.25, -0.2) is 9.97 Å². The Morgan fingerprint density at radius 2 is 2.00 bits per heavy atom. The van der Waals surface area contributed by atoms with Crippen LogP contribution in [0.1, 0.15) is 58.2 Å². The van der Waals surface area contributed by atoms with Crippen LogP contribution in [0.5, 0.6) is 0 Å². The van der Waals surface area contributed by atoms with E-state index in [1.54, 1.807) is 0 Å². The summed E-state index contributed by atoms with van der Waals surface area (Å²) in [6.07, 6.45) is 9.35. The molecule has 2 fully saturated rings. The van der Waals surface area contributed by atoms with E-state index < -0.39 is 0 Å². The number of rotatable bonds is 6. The summed E-state index contributed by atoms with van der Waals surface area (Å²) >= 11 is 0. The molecule has 26 heavy (non-hydrogen) atoms. The molecular weight excluding hydrogens is 324 g/mol. The van der Waals surface area contributed by atoms with Crippen LogP contribution in [0.4, 0.5) is 0 Å². The molecule has 2 aromatic rings. The summed E-state index contributed by atoms with van der Waals surface area (Å²) in [6, 6.07) is 4.01. The highest BCUT2D eigenvalue weighted by atomic mass is 16.2. The number of hydrogen-bond acceptors (Lipinski definition) is 3. The lowest BCUT2D eigenvalue weighted by atomic mass is 9.78. The number of aromatic nitrogens is 3. The van der Waals surface area contributed by atoms with Gasteiger partial charge in [0.15, 0.2) is 5.65 Å². The van der Waals surface area contributed by atoms with Crippen molar-refractivity contribution in [2.24, 2.45) is 11.3 Å². The van der Waals surface area contributed by atoms with Gasteiger partial charge < -0.3 is 9.47 Å². The molecule has 0 atom stereocenters. The first kappa shape index (κ1) is 17.5. The van der Waals surface area contributed by atoms with Gasteiger partial charge in [-0.2, -0.15) is 0 Å². The van der Waals surface area contributed by atoms with Crippen molar-refractivity contribution < 1.29 is 4.79 Å². The van der Waals surface area contributed by atoms with Crippen LogP contribution in [0.25, 0.3) is 11.2 Å². The van der Waals surface area contributed by atoms with Crippen LogP contribution in [0, 0.1) is 11.3 Å². The van der Waals surface area contributed by atoms with Crippen molar-refractivity contribution in [1.82, 2.24) is 19.4 Å². The summed E-state index contributed by atoms with van der Waals surface area (Å²) < 4.78 is 2.30. The number of hydrogen-bond donors (Lipinski definition) is 0. The third-order valence-electron chi connectivity index (χ3n) is 6.06. The molecule has 5 heteroatoms. The largest absolute Gasteiger partial charge is 0.343 e. The van der Waals surface area contributed by atoms with Crippen LogP contribution in [0.2, 0.25) is 0 Å². The van der Waals surface area contributed by atoms with E-state index in [0.717, 1.165) is 62.3 Å². The molecule has 1 aliphatic carbocycles. The van der Waals surface area contributed by atoms with Crippen molar-refractivity contribution >= 4 is 17.1 Å². The molecule has 4 rings (SSSR count). The zero-order valence-corrected chi connectivity index (χ0v) is 16.1. The van der Waals surface area contributed by atoms with Crippen LogP contribution in [-0.2, 0) is 17.8 Å². The first-order valence-electron chi connectivity index (χ1n) is 10.1. The summed E-state index contributed by atoms with van der Waals surface area (Å²) in [5, 5.41) is 0. The molecule has 0 aromatic carbocycles. The SMILES string of the molecule is CC(C)Cn1c(CC2(CC(=O)N3CCC3)CCCC2)nc2cccnc21. The minimum absolute atomic E-state index is 0.0861. The third kappa shape index (κ3) is 3.36. The highest BCUT2D eigenvalue weighted by Crippen LogP contribution is 2.44. The summed E-state index contributed by atoms with van der Waals surface area (Å²) in [4.78, 5) is 24.2. The Morgan fingerprint density at radius 3 is 2.65 bits per heavy atom. The maximum atomic E-state index is 12.7. The van der Waals surface area contributed by atoms with Gasteiger partial charge in [-0.15, -0.1) is 0 Å². The van der Waals surface area contributed by atoms with Crippen molar-refractivity contribution in [2.45, 2.75) is 65.3 Å². The van der Waals surface area contributed by atoms with Crippen molar-refractivity contribution in [3.8, 4) is 0 Å². The van der Waals surface area contributed by atoms with Crippen molar-refractivity contribution in [3.05, 3.63) is 24.2 Å². The van der Waals surface area contributed by atoms with Crippen LogP contribution in [0.3, 0.4) is 0 Å². The minimum Gasteiger partial charge on any atom is -0.343 e. The predicted octanol–water partition coefficient (Wildman–Crippen LogP) is 3.81. The Labute approximate surface area is 155 Å². The fraction of sp³-hybridized carbons (Fsp3) is 0.667. The van der Waals surface area contributed by atoms with Crippen LogP contribution in [-0.4, -0.2) is 38.4 Å². The zero-order chi connectivity index (χ0) is 18.1. The van der Waals surface area contributed by atoms with Gasteiger partial charge in [0.1, 0.15) is 11.3 Å². The van der Waals surface area contributed by atoms with Gasteiger partial charge in [-0.1, -0.05) is 26.7 Å². The fourth-order valence-corrected chi connectivity index (χ4v) is 4.57. The molecule has 0 spiro atoms. The summed E-state index contributed by atoms with van der Waals surface area (Å²) in [7, 11) is 0. The highest BCUT2D eigenvalue weighted by Gasteiger charge is 2.39. The number of amides is 1. The number of carbonyl (C=O) groups excluding carboxylic acids is 1. The Bertz CT molecular complexity index is 784. The maximum absolute atomic E-state index is 12.7. The Hall–Kier alpha value is -1.91. The number of carbonyl (C=O) groups is 1.